The largest absolute Gasteiger partial charge is 0.497 e. The zero-order chi connectivity index (χ0) is 26.9. The fourth-order valence-corrected chi connectivity index (χ4v) is 5.05. The molecule has 0 aliphatic carbocycles. The highest BCUT2D eigenvalue weighted by molar-refractivity contribution is 8.15. The lowest BCUT2D eigenvalue weighted by Gasteiger charge is -2.32. The van der Waals surface area contributed by atoms with Crippen molar-refractivity contribution < 1.29 is 19.1 Å². The molecule has 1 aliphatic rings. The maximum Gasteiger partial charge on any atom is 0.238 e. The van der Waals surface area contributed by atoms with E-state index < -0.39 is 5.25 Å². The maximum atomic E-state index is 13.3. The molecular weight excluding hydrogens is 522 g/mol. The number of aliphatic imine (C=N–C) groups is 1. The molecule has 0 radical (unpaired) electrons. The quantitative estimate of drug-likeness (QED) is 0.318. The molecule has 0 aromatic heterocycles. The minimum atomic E-state index is -0.609. The molecule has 0 spiro atoms. The second-order valence-corrected chi connectivity index (χ2v) is 10.3. The van der Waals surface area contributed by atoms with Gasteiger partial charge < -0.3 is 14.8 Å². The normalized spacial score (nSPS) is 16.4. The molecule has 4 rings (SSSR count). The van der Waals surface area contributed by atoms with E-state index in [0.717, 1.165) is 17.7 Å². The first-order valence-electron chi connectivity index (χ1n) is 12.4. The van der Waals surface area contributed by atoms with E-state index >= 15 is 0 Å². The molecule has 2 amide bonds. The fraction of sp³-hybridized carbons (Fsp3) is 0.276. The summed E-state index contributed by atoms with van der Waals surface area (Å²) in [6, 6.07) is 22.0. The van der Waals surface area contributed by atoms with Crippen LogP contribution >= 0.6 is 23.4 Å². The number of ether oxygens (including phenoxy) is 2. The number of rotatable bonds is 10. The minimum Gasteiger partial charge on any atom is -0.497 e. The number of methoxy groups -OCH3 is 1. The van der Waals surface area contributed by atoms with Crippen molar-refractivity contribution in [1.29, 1.82) is 0 Å². The van der Waals surface area contributed by atoms with E-state index in [0.29, 0.717) is 46.9 Å². The fourth-order valence-electron chi connectivity index (χ4n) is 3.80. The first-order chi connectivity index (χ1) is 18.4. The van der Waals surface area contributed by atoms with Crippen LogP contribution in [0, 0.1) is 0 Å². The van der Waals surface area contributed by atoms with Gasteiger partial charge in [-0.1, -0.05) is 42.4 Å². The average molecular weight is 552 g/mol. The van der Waals surface area contributed by atoms with Crippen LogP contribution in [0.2, 0.25) is 5.02 Å². The minimum absolute atomic E-state index is 0.0798. The van der Waals surface area contributed by atoms with Crippen molar-refractivity contribution in [2.75, 3.05) is 25.6 Å². The van der Waals surface area contributed by atoms with Crippen LogP contribution in [0.5, 0.6) is 11.5 Å². The topological polar surface area (TPSA) is 80.2 Å². The zero-order valence-corrected chi connectivity index (χ0v) is 22.9. The molecule has 3 aromatic rings. The summed E-state index contributed by atoms with van der Waals surface area (Å²) in [4.78, 5) is 32.8. The SMILES string of the molecule is CCCOc1ccc(NC(=O)C2CC(=O)N(CCc3ccc(Cl)cc3)C(=Nc3ccc(OC)cc3)S2)cc1. The summed E-state index contributed by atoms with van der Waals surface area (Å²) in [5.74, 6) is 1.07. The zero-order valence-electron chi connectivity index (χ0n) is 21.4. The Balaban J connectivity index is 1.50. The van der Waals surface area contributed by atoms with Gasteiger partial charge in [0.2, 0.25) is 11.8 Å². The van der Waals surface area contributed by atoms with Gasteiger partial charge in [-0.15, -0.1) is 0 Å². The third-order valence-electron chi connectivity index (χ3n) is 5.86. The van der Waals surface area contributed by atoms with Gasteiger partial charge in [0.25, 0.3) is 0 Å². The number of hydrogen-bond acceptors (Lipinski definition) is 6. The monoisotopic (exact) mass is 551 g/mol. The van der Waals surface area contributed by atoms with E-state index in [1.807, 2.05) is 67.6 Å². The van der Waals surface area contributed by atoms with Crippen LogP contribution in [0.25, 0.3) is 0 Å². The van der Waals surface area contributed by atoms with Crippen LogP contribution in [0.1, 0.15) is 25.3 Å². The van der Waals surface area contributed by atoms with E-state index in [9.17, 15) is 9.59 Å². The number of nitrogens with zero attached hydrogens (tertiary/aromatic N) is 2. The highest BCUT2D eigenvalue weighted by Crippen LogP contribution is 2.31. The van der Waals surface area contributed by atoms with Gasteiger partial charge in [-0.3, -0.25) is 14.5 Å². The second-order valence-electron chi connectivity index (χ2n) is 8.69. The Hall–Kier alpha value is -3.49. The Bertz CT molecular complexity index is 1260. The van der Waals surface area contributed by atoms with Gasteiger partial charge in [-0.25, -0.2) is 4.99 Å². The summed E-state index contributed by atoms with van der Waals surface area (Å²) < 4.78 is 10.8. The summed E-state index contributed by atoms with van der Waals surface area (Å²) in [5, 5.41) is 3.47. The van der Waals surface area contributed by atoms with Gasteiger partial charge in [0.15, 0.2) is 5.17 Å². The van der Waals surface area contributed by atoms with Gasteiger partial charge in [-0.2, -0.15) is 0 Å². The van der Waals surface area contributed by atoms with E-state index in [1.165, 1.54) is 11.8 Å². The predicted molar refractivity (Wildman–Crippen MR) is 154 cm³/mol. The molecule has 1 atom stereocenters. The Morgan fingerprint density at radius 2 is 1.74 bits per heavy atom. The molecule has 1 saturated heterocycles. The van der Waals surface area contributed by atoms with Crippen molar-refractivity contribution in [2.45, 2.75) is 31.4 Å². The van der Waals surface area contributed by atoms with Crippen molar-refractivity contribution in [3.63, 3.8) is 0 Å². The third-order valence-corrected chi connectivity index (χ3v) is 7.30. The molecule has 1 heterocycles. The van der Waals surface area contributed by atoms with E-state index in [4.69, 9.17) is 26.1 Å². The average Bonchev–Trinajstić information content (AvgIpc) is 2.93. The number of carbonyl (C=O) groups is 2. The van der Waals surface area contributed by atoms with Gasteiger partial charge >= 0.3 is 0 Å². The number of carbonyl (C=O) groups excluding carboxylic acids is 2. The lowest BCUT2D eigenvalue weighted by molar-refractivity contribution is -0.129. The Labute approximate surface area is 232 Å². The van der Waals surface area contributed by atoms with Gasteiger partial charge in [-0.05, 0) is 79.1 Å². The molecule has 9 heteroatoms. The molecule has 7 nitrogen and oxygen atoms in total. The highest BCUT2D eigenvalue weighted by Gasteiger charge is 2.35. The van der Waals surface area contributed by atoms with E-state index in [2.05, 4.69) is 5.32 Å². The number of thioether (sulfide) groups is 1. The summed E-state index contributed by atoms with van der Waals surface area (Å²) in [7, 11) is 1.60. The van der Waals surface area contributed by atoms with Crippen molar-refractivity contribution in [2.24, 2.45) is 4.99 Å². The van der Waals surface area contributed by atoms with Crippen LogP contribution in [-0.2, 0) is 16.0 Å². The number of anilines is 1. The number of amides is 2. The van der Waals surface area contributed by atoms with Crippen molar-refractivity contribution in [1.82, 2.24) is 4.90 Å². The van der Waals surface area contributed by atoms with Gasteiger partial charge in [0.05, 0.1) is 19.4 Å². The molecule has 198 valence electrons. The molecule has 1 fully saturated rings. The van der Waals surface area contributed by atoms with Gasteiger partial charge in [0.1, 0.15) is 16.7 Å². The molecular formula is C29H30ClN3O4S. The third kappa shape index (κ3) is 7.52. The summed E-state index contributed by atoms with van der Waals surface area (Å²) in [5.41, 5.74) is 2.37. The maximum absolute atomic E-state index is 13.3. The number of benzene rings is 3. The molecule has 0 bridgehead atoms. The number of hydrogen-bond donors (Lipinski definition) is 1. The second kappa shape index (κ2) is 13.3. The molecule has 1 unspecified atom stereocenters. The first-order valence-corrected chi connectivity index (χ1v) is 13.7. The van der Waals surface area contributed by atoms with E-state index in [1.54, 1.807) is 24.1 Å². The Morgan fingerprint density at radius 3 is 2.39 bits per heavy atom. The molecule has 38 heavy (non-hydrogen) atoms. The number of halogens is 1. The smallest absolute Gasteiger partial charge is 0.238 e. The molecule has 0 saturated carbocycles. The lowest BCUT2D eigenvalue weighted by atomic mass is 10.1. The number of amidine groups is 1. The highest BCUT2D eigenvalue weighted by atomic mass is 35.5. The van der Waals surface area contributed by atoms with Crippen molar-refractivity contribution in [3.8, 4) is 11.5 Å². The van der Waals surface area contributed by atoms with Crippen LogP contribution in [0.3, 0.4) is 0 Å². The molecule has 1 aliphatic heterocycles. The molecule has 1 N–H and O–H groups in total. The summed E-state index contributed by atoms with van der Waals surface area (Å²) in [6.45, 7) is 3.12. The van der Waals surface area contributed by atoms with Crippen LogP contribution in [-0.4, -0.2) is 47.4 Å². The Kier molecular flexibility index (Phi) is 9.67. The first kappa shape index (κ1) is 27.5. The van der Waals surface area contributed by atoms with Gasteiger partial charge in [0, 0.05) is 23.7 Å². The summed E-state index contributed by atoms with van der Waals surface area (Å²) in [6.07, 6.45) is 1.63. The predicted octanol–water partition coefficient (Wildman–Crippen LogP) is 6.34. The summed E-state index contributed by atoms with van der Waals surface area (Å²) >= 11 is 7.30. The number of nitrogens with one attached hydrogen (secondary N) is 1. The van der Waals surface area contributed by atoms with E-state index in [-0.39, 0.29) is 18.2 Å². The Morgan fingerprint density at radius 1 is 1.05 bits per heavy atom. The molecule has 3 aromatic carbocycles. The van der Waals surface area contributed by atoms with Crippen molar-refractivity contribution >= 4 is 51.7 Å². The van der Waals surface area contributed by atoms with Crippen LogP contribution in [0.15, 0.2) is 77.8 Å². The van der Waals surface area contributed by atoms with Crippen LogP contribution in [0.4, 0.5) is 11.4 Å². The standard InChI is InChI=1S/C29H30ClN3O4S/c1-3-18-37-25-14-10-22(11-15-25)31-28(35)26-19-27(34)33(17-16-20-4-6-21(30)7-5-20)29(38-26)32-23-8-12-24(36-2)13-9-23/h4-15,26H,3,16-19H2,1-2H3,(H,31,35). The van der Waals surface area contributed by atoms with Crippen molar-refractivity contribution in [3.05, 3.63) is 83.4 Å². The lowest BCUT2D eigenvalue weighted by Crippen LogP contribution is -2.46. The van der Waals surface area contributed by atoms with Crippen LogP contribution < -0.4 is 14.8 Å².